The Morgan fingerprint density at radius 1 is 0.309 bits per heavy atom. The van der Waals surface area contributed by atoms with Crippen molar-refractivity contribution in [1.82, 2.24) is 0 Å². The molecule has 0 saturated carbocycles. The Morgan fingerprint density at radius 3 is 1.80 bits per heavy atom. The second-order valence-corrected chi connectivity index (χ2v) is 16.2. The quantitative estimate of drug-likeness (QED) is 0.164. The van der Waals surface area contributed by atoms with Gasteiger partial charge in [0.15, 0.2) is 0 Å². The van der Waals surface area contributed by atoms with Crippen LogP contribution >= 0.6 is 22.7 Å². The van der Waals surface area contributed by atoms with E-state index in [0.717, 1.165) is 17.1 Å². The average molecular weight is 736 g/mol. The summed E-state index contributed by atoms with van der Waals surface area (Å²) in [6.45, 7) is 0. The van der Waals surface area contributed by atoms with Crippen molar-refractivity contribution >= 4 is 90.9 Å². The first-order valence-corrected chi connectivity index (χ1v) is 20.3. The second-order valence-electron chi connectivity index (χ2n) is 14.0. The van der Waals surface area contributed by atoms with Crippen LogP contribution in [0.15, 0.2) is 200 Å². The number of hydrogen-bond acceptors (Lipinski definition) is 3. The smallest absolute Gasteiger partial charge is 0.0546 e. The minimum atomic E-state index is 1.12. The third kappa shape index (κ3) is 5.35. The fraction of sp³-hybridized carbons (Fsp3) is 0. The fourth-order valence-electron chi connectivity index (χ4n) is 8.34. The summed E-state index contributed by atoms with van der Waals surface area (Å²) in [7, 11) is 0. The van der Waals surface area contributed by atoms with E-state index in [1.807, 2.05) is 22.7 Å². The van der Waals surface area contributed by atoms with Crippen molar-refractivity contribution in [3.8, 4) is 33.4 Å². The standard InChI is InChI=1S/C52H33NS2/c1-2-14-35(15-3-1)40-30-28-36(39-22-12-17-34-16-4-5-18-38(34)39)32-48(40)53(37-29-31-51-46(33-37)43-21-8-10-26-49(43)54-51)47-25-9-6-19-41(47)44-23-13-24-45-42-20-7-11-27-50(42)55-52(44)45/h1-33H. The predicted octanol–water partition coefficient (Wildman–Crippen LogP) is 16.0. The van der Waals surface area contributed by atoms with Gasteiger partial charge in [-0.3, -0.25) is 0 Å². The molecule has 11 aromatic rings. The zero-order valence-corrected chi connectivity index (χ0v) is 31.4. The maximum Gasteiger partial charge on any atom is 0.0546 e. The van der Waals surface area contributed by atoms with E-state index in [1.165, 1.54) is 84.5 Å². The third-order valence-electron chi connectivity index (χ3n) is 10.9. The van der Waals surface area contributed by atoms with E-state index < -0.39 is 0 Å². The van der Waals surface area contributed by atoms with Gasteiger partial charge in [-0.2, -0.15) is 0 Å². The summed E-state index contributed by atoms with van der Waals surface area (Å²) in [6.07, 6.45) is 0. The van der Waals surface area contributed by atoms with Crippen LogP contribution in [0.25, 0.3) is 84.5 Å². The third-order valence-corrected chi connectivity index (χ3v) is 13.3. The molecule has 258 valence electrons. The van der Waals surface area contributed by atoms with Crippen molar-refractivity contribution in [3.63, 3.8) is 0 Å². The molecule has 0 atom stereocenters. The van der Waals surface area contributed by atoms with Crippen LogP contribution in [0, 0.1) is 0 Å². The summed E-state index contributed by atoms with van der Waals surface area (Å²) in [5.74, 6) is 0. The van der Waals surface area contributed by atoms with Crippen LogP contribution in [0.3, 0.4) is 0 Å². The maximum atomic E-state index is 2.52. The Kier molecular flexibility index (Phi) is 7.61. The molecule has 1 nitrogen and oxygen atoms in total. The largest absolute Gasteiger partial charge is 0.309 e. The monoisotopic (exact) mass is 735 g/mol. The van der Waals surface area contributed by atoms with Crippen LogP contribution in [-0.4, -0.2) is 0 Å². The molecule has 0 amide bonds. The van der Waals surface area contributed by atoms with Crippen LogP contribution in [-0.2, 0) is 0 Å². The molecular weight excluding hydrogens is 703 g/mol. The maximum absolute atomic E-state index is 2.52. The number of para-hydroxylation sites is 1. The Bertz CT molecular complexity index is 3220. The summed E-state index contributed by atoms with van der Waals surface area (Å²) in [5.41, 5.74) is 10.6. The molecule has 0 bridgehead atoms. The van der Waals surface area contributed by atoms with Gasteiger partial charge in [-0.15, -0.1) is 22.7 Å². The van der Waals surface area contributed by atoms with Crippen LogP contribution in [0.2, 0.25) is 0 Å². The molecular formula is C52H33NS2. The number of anilines is 3. The summed E-state index contributed by atoms with van der Waals surface area (Å²) < 4.78 is 5.22. The topological polar surface area (TPSA) is 3.24 Å². The van der Waals surface area contributed by atoms with E-state index in [0.29, 0.717) is 0 Å². The van der Waals surface area contributed by atoms with Gasteiger partial charge < -0.3 is 4.90 Å². The molecule has 55 heavy (non-hydrogen) atoms. The van der Waals surface area contributed by atoms with Gasteiger partial charge in [0, 0.05) is 62.7 Å². The molecule has 9 aromatic carbocycles. The highest BCUT2D eigenvalue weighted by Gasteiger charge is 2.24. The van der Waals surface area contributed by atoms with Crippen LogP contribution < -0.4 is 4.90 Å². The molecule has 0 radical (unpaired) electrons. The summed E-state index contributed by atoms with van der Waals surface area (Å²) in [4.78, 5) is 2.52. The van der Waals surface area contributed by atoms with E-state index >= 15 is 0 Å². The first kappa shape index (κ1) is 32.0. The van der Waals surface area contributed by atoms with Crippen molar-refractivity contribution < 1.29 is 0 Å². The van der Waals surface area contributed by atoms with Crippen molar-refractivity contribution in [3.05, 3.63) is 200 Å². The molecule has 0 aliphatic carbocycles. The van der Waals surface area contributed by atoms with Gasteiger partial charge in [-0.1, -0.05) is 158 Å². The van der Waals surface area contributed by atoms with E-state index in [1.54, 1.807) is 0 Å². The lowest BCUT2D eigenvalue weighted by atomic mass is 9.93. The Labute approximate surface area is 327 Å². The molecule has 0 unspecified atom stereocenters. The van der Waals surface area contributed by atoms with Crippen LogP contribution in [0.4, 0.5) is 17.1 Å². The second kappa shape index (κ2) is 13.1. The van der Waals surface area contributed by atoms with E-state index in [-0.39, 0.29) is 0 Å². The Hall–Kier alpha value is -6.52. The van der Waals surface area contributed by atoms with Gasteiger partial charge in [-0.05, 0) is 69.9 Å². The summed E-state index contributed by atoms with van der Waals surface area (Å²) in [5, 5.41) is 7.66. The van der Waals surface area contributed by atoms with Crippen LogP contribution in [0.1, 0.15) is 0 Å². The SMILES string of the molecule is c1ccc(-c2ccc(-c3cccc4ccccc34)cc2N(c2ccc3sc4ccccc4c3c2)c2ccccc2-c2cccc3c2sc2ccccc23)cc1. The molecule has 0 N–H and O–H groups in total. The minimum absolute atomic E-state index is 1.12. The van der Waals surface area contributed by atoms with Crippen molar-refractivity contribution in [2.24, 2.45) is 0 Å². The van der Waals surface area contributed by atoms with Gasteiger partial charge in [0.2, 0.25) is 0 Å². The molecule has 0 spiro atoms. The van der Waals surface area contributed by atoms with Gasteiger partial charge in [-0.25, -0.2) is 0 Å². The highest BCUT2D eigenvalue weighted by atomic mass is 32.1. The molecule has 0 aliphatic rings. The lowest BCUT2D eigenvalue weighted by Crippen LogP contribution is -2.12. The van der Waals surface area contributed by atoms with Crippen molar-refractivity contribution in [2.45, 2.75) is 0 Å². The number of hydrogen-bond donors (Lipinski definition) is 0. The predicted molar refractivity (Wildman–Crippen MR) is 241 cm³/mol. The normalized spacial score (nSPS) is 11.6. The number of rotatable bonds is 6. The Balaban J connectivity index is 1.23. The van der Waals surface area contributed by atoms with E-state index in [2.05, 4.69) is 205 Å². The number of fused-ring (bicyclic) bond motifs is 7. The lowest BCUT2D eigenvalue weighted by molar-refractivity contribution is 1.29. The minimum Gasteiger partial charge on any atom is -0.309 e. The van der Waals surface area contributed by atoms with Gasteiger partial charge in [0.1, 0.15) is 0 Å². The molecule has 2 aromatic heterocycles. The fourth-order valence-corrected chi connectivity index (χ4v) is 10.7. The first-order valence-electron chi connectivity index (χ1n) is 18.7. The van der Waals surface area contributed by atoms with Crippen molar-refractivity contribution in [2.75, 3.05) is 4.90 Å². The lowest BCUT2D eigenvalue weighted by Gasteiger charge is -2.30. The average Bonchev–Trinajstić information content (AvgIpc) is 3.83. The van der Waals surface area contributed by atoms with Gasteiger partial charge in [0.05, 0.1) is 11.4 Å². The van der Waals surface area contributed by atoms with E-state index in [4.69, 9.17) is 0 Å². The molecule has 2 heterocycles. The number of nitrogens with zero attached hydrogens (tertiary/aromatic N) is 1. The molecule has 0 fully saturated rings. The molecule has 0 saturated heterocycles. The summed E-state index contributed by atoms with van der Waals surface area (Å²) in [6, 6.07) is 73.6. The van der Waals surface area contributed by atoms with Gasteiger partial charge >= 0.3 is 0 Å². The summed E-state index contributed by atoms with van der Waals surface area (Å²) >= 11 is 3.74. The highest BCUT2D eigenvalue weighted by Crippen LogP contribution is 2.50. The Morgan fingerprint density at radius 2 is 0.927 bits per heavy atom. The molecule has 11 rings (SSSR count). The zero-order chi connectivity index (χ0) is 36.3. The van der Waals surface area contributed by atoms with E-state index in [9.17, 15) is 0 Å². The highest BCUT2D eigenvalue weighted by molar-refractivity contribution is 7.26. The number of thiophene rings is 2. The molecule has 0 aliphatic heterocycles. The van der Waals surface area contributed by atoms with Crippen molar-refractivity contribution in [1.29, 1.82) is 0 Å². The zero-order valence-electron chi connectivity index (χ0n) is 29.8. The number of benzene rings is 9. The van der Waals surface area contributed by atoms with Crippen LogP contribution in [0.5, 0.6) is 0 Å². The molecule has 3 heteroatoms. The van der Waals surface area contributed by atoms with Gasteiger partial charge in [0.25, 0.3) is 0 Å². The first-order chi connectivity index (χ1) is 27.3.